The van der Waals surface area contributed by atoms with E-state index < -0.39 is 64.5 Å². The average molecular weight is 649 g/mol. The van der Waals surface area contributed by atoms with Gasteiger partial charge in [0.05, 0.1) is 23.8 Å². The first-order valence-corrected chi connectivity index (χ1v) is 16.9. The van der Waals surface area contributed by atoms with Gasteiger partial charge in [0, 0.05) is 35.3 Å². The van der Waals surface area contributed by atoms with E-state index in [1.54, 1.807) is 20.8 Å². The van der Waals surface area contributed by atoms with E-state index in [4.69, 9.17) is 14.2 Å². The number of carbonyl (C=O) groups is 4. The number of alkyl carbamates (subject to hydrolysis) is 1. The third-order valence-electron chi connectivity index (χ3n) is 10.4. The van der Waals surface area contributed by atoms with Crippen LogP contribution in [0, 0.1) is 35.0 Å². The van der Waals surface area contributed by atoms with Gasteiger partial charge in [0.25, 0.3) is 0 Å². The average Bonchev–Trinajstić information content (AvgIpc) is 3.33. The van der Waals surface area contributed by atoms with Gasteiger partial charge in [0.1, 0.15) is 23.6 Å². The van der Waals surface area contributed by atoms with E-state index in [0.717, 1.165) is 16.5 Å². The largest absolute Gasteiger partial charge is 0.458 e. The topological polar surface area (TPSA) is 121 Å². The highest BCUT2D eigenvalue weighted by Crippen LogP contribution is 2.47. The zero-order chi connectivity index (χ0) is 34.9. The van der Waals surface area contributed by atoms with E-state index in [0.29, 0.717) is 12.8 Å². The van der Waals surface area contributed by atoms with Crippen molar-refractivity contribution in [3.8, 4) is 0 Å². The number of amides is 1. The van der Waals surface area contributed by atoms with Crippen LogP contribution in [0.3, 0.4) is 0 Å². The number of carbonyl (C=O) groups excluding carboxylic acids is 4. The highest BCUT2D eigenvalue weighted by atomic mass is 16.6. The Bertz CT molecular complexity index is 1530. The molecule has 256 valence electrons. The van der Waals surface area contributed by atoms with E-state index in [9.17, 15) is 19.2 Å². The summed E-state index contributed by atoms with van der Waals surface area (Å²) < 4.78 is 18.4. The lowest BCUT2D eigenvalue weighted by Crippen LogP contribution is -2.58. The van der Waals surface area contributed by atoms with Crippen molar-refractivity contribution in [3.63, 3.8) is 0 Å². The SMILES string of the molecule is CC[C@H]1OC(=O)[C@H](C)C(=O)[C@H](C)[C@@H](C(C)(C)C)[C@](C)(OC/C=C/c2cnc3ccccc3c2)C[C@@H](C)C(=O)[C@H](C)[C@H]2NC(=O)O[C@@]21C. The smallest absolute Gasteiger partial charge is 0.408 e. The molecular weight excluding hydrogens is 596 g/mol. The fourth-order valence-corrected chi connectivity index (χ4v) is 8.37. The van der Waals surface area contributed by atoms with Gasteiger partial charge < -0.3 is 19.5 Å². The van der Waals surface area contributed by atoms with Crippen LogP contribution in [-0.2, 0) is 28.6 Å². The molecule has 2 saturated heterocycles. The number of rotatable bonds is 5. The monoisotopic (exact) mass is 648 g/mol. The number of benzene rings is 1. The van der Waals surface area contributed by atoms with Crippen LogP contribution < -0.4 is 5.32 Å². The number of ether oxygens (including phenoxy) is 3. The minimum atomic E-state index is -1.30. The van der Waals surface area contributed by atoms with E-state index in [1.807, 2.05) is 70.3 Å². The third-order valence-corrected chi connectivity index (χ3v) is 10.4. The number of para-hydroxylation sites is 1. The Morgan fingerprint density at radius 3 is 2.36 bits per heavy atom. The Morgan fingerprint density at radius 2 is 1.70 bits per heavy atom. The van der Waals surface area contributed by atoms with Crippen molar-refractivity contribution >= 4 is 40.6 Å². The van der Waals surface area contributed by atoms with Crippen molar-refractivity contribution in [2.45, 2.75) is 105 Å². The molecule has 1 aromatic heterocycles. The predicted octanol–water partition coefficient (Wildman–Crippen LogP) is 6.96. The van der Waals surface area contributed by atoms with Crippen LogP contribution >= 0.6 is 0 Å². The summed E-state index contributed by atoms with van der Waals surface area (Å²) in [5, 5.41) is 3.85. The number of pyridine rings is 1. The molecule has 0 aliphatic carbocycles. The minimum Gasteiger partial charge on any atom is -0.458 e. The van der Waals surface area contributed by atoms with Crippen molar-refractivity contribution < 1.29 is 33.4 Å². The second kappa shape index (κ2) is 13.9. The number of aromatic nitrogens is 1. The predicted molar refractivity (Wildman–Crippen MR) is 181 cm³/mol. The maximum Gasteiger partial charge on any atom is 0.408 e. The first-order chi connectivity index (χ1) is 21.9. The van der Waals surface area contributed by atoms with Crippen molar-refractivity contribution in [1.82, 2.24) is 10.3 Å². The number of Topliss-reactive ketones (excluding diaryl/α,β-unsaturated/α-hetero) is 2. The fourth-order valence-electron chi connectivity index (χ4n) is 8.37. The summed E-state index contributed by atoms with van der Waals surface area (Å²) >= 11 is 0. The van der Waals surface area contributed by atoms with E-state index in [1.165, 1.54) is 0 Å². The van der Waals surface area contributed by atoms with E-state index >= 15 is 0 Å². The summed E-state index contributed by atoms with van der Waals surface area (Å²) in [6, 6.07) is 9.24. The van der Waals surface area contributed by atoms with Gasteiger partial charge in [-0.05, 0) is 56.7 Å². The summed E-state index contributed by atoms with van der Waals surface area (Å²) in [7, 11) is 0. The molecule has 0 spiro atoms. The lowest BCUT2D eigenvalue weighted by molar-refractivity contribution is -0.174. The molecule has 0 unspecified atom stereocenters. The molecule has 4 rings (SSSR count). The van der Waals surface area contributed by atoms with Crippen molar-refractivity contribution in [2.75, 3.05) is 6.61 Å². The van der Waals surface area contributed by atoms with Gasteiger partial charge in [0.15, 0.2) is 5.60 Å². The summed E-state index contributed by atoms with van der Waals surface area (Å²) in [6.45, 7) is 19.0. The third kappa shape index (κ3) is 7.45. The molecule has 2 fully saturated rings. The molecule has 1 aromatic carbocycles. The van der Waals surface area contributed by atoms with Crippen LogP contribution in [0.1, 0.15) is 87.6 Å². The highest BCUT2D eigenvalue weighted by molar-refractivity contribution is 6.00. The second-order valence-corrected chi connectivity index (χ2v) is 15.1. The van der Waals surface area contributed by atoms with Crippen LogP contribution in [0.5, 0.6) is 0 Å². The molecule has 2 aliphatic rings. The molecule has 9 heteroatoms. The Hall–Kier alpha value is -3.59. The summed E-state index contributed by atoms with van der Waals surface area (Å²) in [4.78, 5) is 59.0. The van der Waals surface area contributed by atoms with Gasteiger partial charge in [-0.1, -0.05) is 78.8 Å². The lowest BCUT2D eigenvalue weighted by atomic mass is 9.61. The first kappa shape index (κ1) is 36.2. The van der Waals surface area contributed by atoms with Gasteiger partial charge in [-0.2, -0.15) is 0 Å². The van der Waals surface area contributed by atoms with Crippen molar-refractivity contribution in [2.24, 2.45) is 35.0 Å². The lowest BCUT2D eigenvalue weighted by Gasteiger charge is -2.49. The Morgan fingerprint density at radius 1 is 1.02 bits per heavy atom. The number of nitrogens with one attached hydrogen (secondary N) is 1. The zero-order valence-corrected chi connectivity index (χ0v) is 29.6. The molecule has 9 nitrogen and oxygen atoms in total. The molecular formula is C38H52N2O7. The Labute approximate surface area is 279 Å². The Balaban J connectivity index is 1.73. The van der Waals surface area contributed by atoms with Gasteiger partial charge in [-0.3, -0.25) is 19.4 Å². The summed E-state index contributed by atoms with van der Waals surface area (Å²) in [5.41, 5.74) is -0.849. The quantitative estimate of drug-likeness (QED) is 0.273. The van der Waals surface area contributed by atoms with Crippen LogP contribution in [-0.4, -0.2) is 58.6 Å². The molecule has 9 atom stereocenters. The van der Waals surface area contributed by atoms with E-state index in [2.05, 4.69) is 37.1 Å². The van der Waals surface area contributed by atoms with Gasteiger partial charge in [0.2, 0.25) is 0 Å². The summed E-state index contributed by atoms with van der Waals surface area (Å²) in [6.07, 6.45) is 4.83. The number of hydrogen-bond acceptors (Lipinski definition) is 8. The molecule has 0 saturated carbocycles. The van der Waals surface area contributed by atoms with Crippen LogP contribution in [0.2, 0.25) is 0 Å². The van der Waals surface area contributed by atoms with Gasteiger partial charge >= 0.3 is 12.1 Å². The van der Waals surface area contributed by atoms with Crippen LogP contribution in [0.15, 0.2) is 42.6 Å². The summed E-state index contributed by atoms with van der Waals surface area (Å²) in [5.74, 6) is -4.17. The molecule has 3 heterocycles. The molecule has 47 heavy (non-hydrogen) atoms. The normalized spacial score (nSPS) is 34.5. The number of hydrogen-bond donors (Lipinski definition) is 1. The number of fused-ring (bicyclic) bond motifs is 2. The number of esters is 1. The zero-order valence-electron chi connectivity index (χ0n) is 29.6. The molecule has 0 bridgehead atoms. The van der Waals surface area contributed by atoms with E-state index in [-0.39, 0.29) is 24.1 Å². The highest BCUT2D eigenvalue weighted by Gasteiger charge is 2.57. The Kier molecular flexibility index (Phi) is 10.7. The maximum absolute atomic E-state index is 14.2. The standard InChI is InChI=1S/C38H52N2O7/c1-11-29-38(10)33(40-35(44)47-38)24(4)30(41)22(2)20-37(9,32(36(6,7)8)23(3)31(42)25(5)34(43)46-29)45-18-14-15-26-19-27-16-12-13-17-28(27)39-21-26/h12-17,19,21-25,29,32-33H,11,18,20H2,1-10H3,(H,40,44)/b15-14+/t22-,23+,24+,25-,29-,32+,33-,37-,38-/m1/s1. The number of cyclic esters (lactones) is 1. The molecule has 1 N–H and O–H groups in total. The van der Waals surface area contributed by atoms with Gasteiger partial charge in [-0.15, -0.1) is 0 Å². The van der Waals surface area contributed by atoms with Crippen molar-refractivity contribution in [3.05, 3.63) is 48.2 Å². The number of nitrogens with zero attached hydrogens (tertiary/aromatic N) is 1. The molecule has 2 aromatic rings. The number of ketones is 2. The van der Waals surface area contributed by atoms with Crippen molar-refractivity contribution in [1.29, 1.82) is 0 Å². The molecule has 2 aliphatic heterocycles. The van der Waals surface area contributed by atoms with Crippen LogP contribution in [0.4, 0.5) is 4.79 Å². The van der Waals surface area contributed by atoms with Crippen LogP contribution in [0.25, 0.3) is 17.0 Å². The molecule has 0 radical (unpaired) electrons. The second-order valence-electron chi connectivity index (χ2n) is 15.1. The fraction of sp³-hybridized carbons (Fsp3) is 0.605. The maximum atomic E-state index is 14.2. The minimum absolute atomic E-state index is 0.0714. The van der Waals surface area contributed by atoms with Gasteiger partial charge in [-0.25, -0.2) is 4.79 Å². The first-order valence-electron chi connectivity index (χ1n) is 16.9. The molecule has 1 amide bonds.